The number of amides is 1. The molecule has 1 saturated heterocycles. The Morgan fingerprint density at radius 1 is 1.62 bits per heavy atom. The molecule has 1 heterocycles. The van der Waals surface area contributed by atoms with Gasteiger partial charge < -0.3 is 15.7 Å². The van der Waals surface area contributed by atoms with E-state index < -0.39 is 12.0 Å². The van der Waals surface area contributed by atoms with Gasteiger partial charge >= 0.3 is 0 Å². The quantitative estimate of drug-likeness (QED) is 0.628. The molecule has 1 rings (SSSR count). The maximum Gasteiger partial charge on any atom is 0.247 e. The van der Waals surface area contributed by atoms with Gasteiger partial charge in [0.05, 0.1) is 0 Å². The summed E-state index contributed by atoms with van der Waals surface area (Å²) in [4.78, 5) is 12.7. The summed E-state index contributed by atoms with van der Waals surface area (Å²) in [7, 11) is 0. The number of hydrogen-bond acceptors (Lipinski definition) is 3. The molecule has 1 amide bonds. The summed E-state index contributed by atoms with van der Waals surface area (Å²) < 4.78 is 0. The molecule has 0 aliphatic carbocycles. The molecular weight excluding hydrogens is 168 g/mol. The van der Waals surface area contributed by atoms with Crippen molar-refractivity contribution in [2.24, 2.45) is 11.7 Å². The lowest BCUT2D eigenvalue weighted by Gasteiger charge is -2.30. The van der Waals surface area contributed by atoms with Crippen molar-refractivity contribution in [1.82, 2.24) is 4.90 Å². The number of rotatable bonds is 3. The highest BCUT2D eigenvalue weighted by atomic mass is 16.3. The number of β-amino-alcohol motifs (C(OH)–C–C–N with tert-alkyl or cyclic N) is 1. The number of carbonyl (C=O) groups excluding carboxylic acids is 1. The van der Waals surface area contributed by atoms with E-state index in [9.17, 15) is 9.90 Å². The highest BCUT2D eigenvalue weighted by Gasteiger charge is 2.20. The van der Waals surface area contributed by atoms with Crippen molar-refractivity contribution in [2.75, 3.05) is 19.6 Å². The molecule has 4 nitrogen and oxygen atoms in total. The second-order valence-electron chi connectivity index (χ2n) is 3.90. The minimum absolute atomic E-state index is 0.391. The normalized spacial score (nSPS) is 22.9. The van der Waals surface area contributed by atoms with Gasteiger partial charge in [0.25, 0.3) is 0 Å². The van der Waals surface area contributed by atoms with Gasteiger partial charge in [-0.3, -0.25) is 4.79 Å². The molecule has 1 aliphatic heterocycles. The number of piperidine rings is 1. The van der Waals surface area contributed by atoms with Gasteiger partial charge in [0.15, 0.2) is 0 Å². The molecule has 0 aromatic rings. The Balaban J connectivity index is 2.26. The molecule has 13 heavy (non-hydrogen) atoms. The fourth-order valence-corrected chi connectivity index (χ4v) is 1.58. The first-order valence-electron chi connectivity index (χ1n) is 4.79. The SMILES string of the molecule is CC1CCN(CC(O)C(N)=O)CC1. The third kappa shape index (κ3) is 3.32. The van der Waals surface area contributed by atoms with Crippen molar-refractivity contribution < 1.29 is 9.90 Å². The fourth-order valence-electron chi connectivity index (χ4n) is 1.58. The molecular formula is C9H18N2O2. The van der Waals surface area contributed by atoms with Gasteiger partial charge in [0, 0.05) is 6.54 Å². The highest BCUT2D eigenvalue weighted by Crippen LogP contribution is 2.15. The van der Waals surface area contributed by atoms with E-state index in [0.717, 1.165) is 31.8 Å². The minimum Gasteiger partial charge on any atom is -0.382 e. The maximum absolute atomic E-state index is 10.6. The molecule has 0 bridgehead atoms. The summed E-state index contributed by atoms with van der Waals surface area (Å²) in [6, 6.07) is 0. The smallest absolute Gasteiger partial charge is 0.247 e. The molecule has 1 fully saturated rings. The first kappa shape index (κ1) is 10.5. The van der Waals surface area contributed by atoms with E-state index in [1.54, 1.807) is 0 Å². The van der Waals surface area contributed by atoms with E-state index in [1.165, 1.54) is 0 Å². The van der Waals surface area contributed by atoms with Crippen LogP contribution in [-0.4, -0.2) is 41.7 Å². The number of nitrogens with zero attached hydrogens (tertiary/aromatic N) is 1. The van der Waals surface area contributed by atoms with E-state index >= 15 is 0 Å². The second-order valence-corrected chi connectivity index (χ2v) is 3.90. The second kappa shape index (κ2) is 4.58. The molecule has 0 aromatic carbocycles. The van der Waals surface area contributed by atoms with Gasteiger partial charge in [0.1, 0.15) is 6.10 Å². The van der Waals surface area contributed by atoms with E-state index in [4.69, 9.17) is 5.73 Å². The molecule has 1 aliphatic rings. The summed E-state index contributed by atoms with van der Waals surface area (Å²) >= 11 is 0. The third-order valence-corrected chi connectivity index (χ3v) is 2.64. The molecule has 1 unspecified atom stereocenters. The standard InChI is InChI=1S/C9H18N2O2/c1-7-2-4-11(5-3-7)6-8(12)9(10)13/h7-8,12H,2-6H2,1H3,(H2,10,13). The van der Waals surface area contributed by atoms with Crippen molar-refractivity contribution in [3.8, 4) is 0 Å². The molecule has 0 spiro atoms. The fraction of sp³-hybridized carbons (Fsp3) is 0.889. The summed E-state index contributed by atoms with van der Waals surface area (Å²) in [5, 5.41) is 9.23. The number of aliphatic hydroxyl groups excluding tert-OH is 1. The number of primary amides is 1. The maximum atomic E-state index is 10.6. The van der Waals surface area contributed by atoms with Crippen molar-refractivity contribution in [1.29, 1.82) is 0 Å². The van der Waals surface area contributed by atoms with E-state index in [0.29, 0.717) is 6.54 Å². The van der Waals surface area contributed by atoms with Gasteiger partial charge in [-0.25, -0.2) is 0 Å². The average Bonchev–Trinajstić information content (AvgIpc) is 2.08. The topological polar surface area (TPSA) is 66.6 Å². The monoisotopic (exact) mass is 186 g/mol. The van der Waals surface area contributed by atoms with E-state index in [1.807, 2.05) is 0 Å². The zero-order chi connectivity index (χ0) is 9.84. The van der Waals surface area contributed by atoms with Crippen molar-refractivity contribution in [3.05, 3.63) is 0 Å². The van der Waals surface area contributed by atoms with E-state index in [2.05, 4.69) is 11.8 Å². The van der Waals surface area contributed by atoms with Gasteiger partial charge in [-0.1, -0.05) is 6.92 Å². The Labute approximate surface area is 78.7 Å². The predicted octanol–water partition coefficient (Wildman–Crippen LogP) is -0.435. The summed E-state index contributed by atoms with van der Waals surface area (Å²) in [5.41, 5.74) is 4.96. The van der Waals surface area contributed by atoms with Crippen molar-refractivity contribution in [3.63, 3.8) is 0 Å². The predicted molar refractivity (Wildman–Crippen MR) is 50.0 cm³/mol. The Morgan fingerprint density at radius 2 is 2.15 bits per heavy atom. The third-order valence-electron chi connectivity index (χ3n) is 2.64. The van der Waals surface area contributed by atoms with Gasteiger partial charge in [0.2, 0.25) is 5.91 Å². The van der Waals surface area contributed by atoms with Crippen LogP contribution in [0.4, 0.5) is 0 Å². The Hall–Kier alpha value is -0.610. The van der Waals surface area contributed by atoms with Gasteiger partial charge in [-0.05, 0) is 31.8 Å². The number of likely N-dealkylation sites (tertiary alicyclic amines) is 1. The first-order chi connectivity index (χ1) is 6.09. The summed E-state index contributed by atoms with van der Waals surface area (Å²) in [5.74, 6) is 0.139. The summed E-state index contributed by atoms with van der Waals surface area (Å²) in [6.07, 6.45) is 1.28. The lowest BCUT2D eigenvalue weighted by molar-refractivity contribution is -0.127. The lowest BCUT2D eigenvalue weighted by atomic mass is 9.99. The van der Waals surface area contributed by atoms with Crippen LogP contribution in [0.1, 0.15) is 19.8 Å². The van der Waals surface area contributed by atoms with Crippen LogP contribution >= 0.6 is 0 Å². The highest BCUT2D eigenvalue weighted by molar-refractivity contribution is 5.78. The molecule has 0 radical (unpaired) electrons. The largest absolute Gasteiger partial charge is 0.382 e. The molecule has 1 atom stereocenters. The van der Waals surface area contributed by atoms with Gasteiger partial charge in [-0.15, -0.1) is 0 Å². The van der Waals surface area contributed by atoms with Crippen LogP contribution in [0.2, 0.25) is 0 Å². The molecule has 0 saturated carbocycles. The number of carbonyl (C=O) groups is 1. The van der Waals surface area contributed by atoms with Crippen molar-refractivity contribution >= 4 is 5.91 Å². The van der Waals surface area contributed by atoms with Crippen LogP contribution in [0, 0.1) is 5.92 Å². The minimum atomic E-state index is -1.01. The van der Waals surface area contributed by atoms with Gasteiger partial charge in [-0.2, -0.15) is 0 Å². The Kier molecular flexibility index (Phi) is 3.69. The first-order valence-corrected chi connectivity index (χ1v) is 4.79. The van der Waals surface area contributed by atoms with Crippen LogP contribution in [0.25, 0.3) is 0 Å². The van der Waals surface area contributed by atoms with Crippen LogP contribution in [0.15, 0.2) is 0 Å². The lowest BCUT2D eigenvalue weighted by Crippen LogP contribution is -2.43. The summed E-state index contributed by atoms with van der Waals surface area (Å²) in [6.45, 7) is 4.54. The number of hydrogen-bond donors (Lipinski definition) is 2. The van der Waals surface area contributed by atoms with Crippen LogP contribution < -0.4 is 5.73 Å². The van der Waals surface area contributed by atoms with Crippen LogP contribution in [0.5, 0.6) is 0 Å². The molecule has 76 valence electrons. The van der Waals surface area contributed by atoms with Crippen LogP contribution in [-0.2, 0) is 4.79 Å². The van der Waals surface area contributed by atoms with Crippen LogP contribution in [0.3, 0.4) is 0 Å². The van der Waals surface area contributed by atoms with E-state index in [-0.39, 0.29) is 0 Å². The zero-order valence-electron chi connectivity index (χ0n) is 8.07. The molecule has 4 heteroatoms. The average molecular weight is 186 g/mol. The van der Waals surface area contributed by atoms with Crippen molar-refractivity contribution in [2.45, 2.75) is 25.9 Å². The molecule has 0 aromatic heterocycles. The zero-order valence-corrected chi connectivity index (χ0v) is 8.07. The Morgan fingerprint density at radius 3 is 2.62 bits per heavy atom. The Bertz CT molecular complexity index is 176. The molecule has 3 N–H and O–H groups in total. The number of aliphatic hydroxyl groups is 1. The number of nitrogens with two attached hydrogens (primary N) is 1.